The minimum absolute atomic E-state index is 0.568. The van der Waals surface area contributed by atoms with Gasteiger partial charge in [-0.2, -0.15) is 0 Å². The van der Waals surface area contributed by atoms with Gasteiger partial charge in [-0.15, -0.1) is 0 Å². The molecule has 1 unspecified atom stereocenters. The highest BCUT2D eigenvalue weighted by atomic mass is 14.2. The van der Waals surface area contributed by atoms with E-state index in [1.54, 1.807) is 0 Å². The normalized spacial score (nSPS) is 22.4. The SMILES string of the molecule is CC1=CCC2C=C(c3ccccc3)C=CC2=C1. The summed E-state index contributed by atoms with van der Waals surface area (Å²) in [6, 6.07) is 10.6. The maximum Gasteiger partial charge on any atom is 0.00619 e. The zero-order valence-electron chi connectivity index (χ0n) is 10.1. The Morgan fingerprint density at radius 2 is 1.88 bits per heavy atom. The highest BCUT2D eigenvalue weighted by molar-refractivity contribution is 5.77. The Morgan fingerprint density at radius 1 is 1.06 bits per heavy atom. The van der Waals surface area contributed by atoms with Crippen LogP contribution in [0.3, 0.4) is 0 Å². The number of benzene rings is 1. The van der Waals surface area contributed by atoms with E-state index in [1.807, 2.05) is 0 Å². The molecule has 1 aromatic carbocycles. The topological polar surface area (TPSA) is 0 Å². The molecule has 2 aliphatic carbocycles. The molecule has 0 heterocycles. The molecule has 1 atom stereocenters. The molecule has 2 aliphatic rings. The van der Waals surface area contributed by atoms with E-state index in [1.165, 1.54) is 22.3 Å². The minimum Gasteiger partial charge on any atom is -0.0807 e. The lowest BCUT2D eigenvalue weighted by molar-refractivity contribution is 0.775. The van der Waals surface area contributed by atoms with Gasteiger partial charge in [-0.25, -0.2) is 0 Å². The Hall–Kier alpha value is -1.82. The summed E-state index contributed by atoms with van der Waals surface area (Å²) in [6.07, 6.45) is 12.7. The molecule has 17 heavy (non-hydrogen) atoms. The van der Waals surface area contributed by atoms with Crippen LogP contribution in [-0.4, -0.2) is 0 Å². The molecule has 0 heteroatoms. The maximum absolute atomic E-state index is 2.39. The molecule has 0 spiro atoms. The predicted molar refractivity (Wildman–Crippen MR) is 73.5 cm³/mol. The number of hydrogen-bond acceptors (Lipinski definition) is 0. The van der Waals surface area contributed by atoms with Gasteiger partial charge in [0.2, 0.25) is 0 Å². The van der Waals surface area contributed by atoms with Crippen LogP contribution in [0.1, 0.15) is 18.9 Å². The van der Waals surface area contributed by atoms with Gasteiger partial charge in [0.1, 0.15) is 0 Å². The van der Waals surface area contributed by atoms with Crippen molar-refractivity contribution in [3.63, 3.8) is 0 Å². The summed E-state index contributed by atoms with van der Waals surface area (Å²) < 4.78 is 0. The number of fused-ring (bicyclic) bond motifs is 1. The van der Waals surface area contributed by atoms with Crippen molar-refractivity contribution >= 4 is 5.57 Å². The lowest BCUT2D eigenvalue weighted by Gasteiger charge is -2.22. The van der Waals surface area contributed by atoms with Crippen molar-refractivity contribution < 1.29 is 0 Å². The van der Waals surface area contributed by atoms with Gasteiger partial charge in [0.05, 0.1) is 0 Å². The van der Waals surface area contributed by atoms with Crippen LogP contribution in [0.2, 0.25) is 0 Å². The monoisotopic (exact) mass is 220 g/mol. The number of allylic oxidation sites excluding steroid dienone is 8. The van der Waals surface area contributed by atoms with Crippen LogP contribution >= 0.6 is 0 Å². The first-order valence-electron chi connectivity index (χ1n) is 6.16. The van der Waals surface area contributed by atoms with Gasteiger partial charge >= 0.3 is 0 Å². The summed E-state index contributed by atoms with van der Waals surface area (Å²) >= 11 is 0. The highest BCUT2D eigenvalue weighted by Crippen LogP contribution is 2.33. The molecule has 0 aliphatic heterocycles. The molecule has 0 aromatic heterocycles. The number of hydrogen-bond donors (Lipinski definition) is 0. The molecule has 0 radical (unpaired) electrons. The average molecular weight is 220 g/mol. The van der Waals surface area contributed by atoms with Crippen LogP contribution < -0.4 is 0 Å². The van der Waals surface area contributed by atoms with Crippen molar-refractivity contribution in [2.75, 3.05) is 0 Å². The second kappa shape index (κ2) is 4.21. The molecule has 0 N–H and O–H groups in total. The first-order chi connectivity index (χ1) is 8.33. The van der Waals surface area contributed by atoms with E-state index in [9.17, 15) is 0 Å². The van der Waals surface area contributed by atoms with Crippen molar-refractivity contribution in [1.29, 1.82) is 0 Å². The van der Waals surface area contributed by atoms with Gasteiger partial charge in [-0.1, -0.05) is 66.3 Å². The van der Waals surface area contributed by atoms with E-state index >= 15 is 0 Å². The molecule has 0 bridgehead atoms. The van der Waals surface area contributed by atoms with Crippen LogP contribution in [-0.2, 0) is 0 Å². The Labute approximate surface area is 103 Å². The molecule has 3 rings (SSSR count). The fourth-order valence-electron chi connectivity index (χ4n) is 2.50. The summed E-state index contributed by atoms with van der Waals surface area (Å²) in [7, 11) is 0. The Bertz CT molecular complexity index is 539. The summed E-state index contributed by atoms with van der Waals surface area (Å²) in [6.45, 7) is 2.17. The van der Waals surface area contributed by atoms with Gasteiger partial charge < -0.3 is 0 Å². The largest absolute Gasteiger partial charge is 0.0807 e. The summed E-state index contributed by atoms with van der Waals surface area (Å²) in [5.41, 5.74) is 5.50. The summed E-state index contributed by atoms with van der Waals surface area (Å²) in [5.74, 6) is 0.568. The minimum atomic E-state index is 0.568. The Kier molecular flexibility index (Phi) is 2.56. The molecule has 1 aromatic rings. The summed E-state index contributed by atoms with van der Waals surface area (Å²) in [4.78, 5) is 0. The first kappa shape index (κ1) is 10.3. The number of rotatable bonds is 1. The molecule has 0 saturated heterocycles. The van der Waals surface area contributed by atoms with Crippen molar-refractivity contribution in [3.8, 4) is 0 Å². The van der Waals surface area contributed by atoms with Gasteiger partial charge in [-0.05, 0) is 30.1 Å². The Morgan fingerprint density at radius 3 is 2.71 bits per heavy atom. The van der Waals surface area contributed by atoms with Crippen molar-refractivity contribution in [2.24, 2.45) is 5.92 Å². The third-order valence-electron chi connectivity index (χ3n) is 3.46. The third-order valence-corrected chi connectivity index (χ3v) is 3.46. The molecular formula is C17H16. The van der Waals surface area contributed by atoms with E-state index in [0.29, 0.717) is 5.92 Å². The highest BCUT2D eigenvalue weighted by Gasteiger charge is 2.16. The first-order valence-corrected chi connectivity index (χ1v) is 6.16. The van der Waals surface area contributed by atoms with E-state index in [2.05, 4.69) is 67.6 Å². The average Bonchev–Trinajstić information content (AvgIpc) is 2.39. The van der Waals surface area contributed by atoms with Gasteiger partial charge in [0, 0.05) is 5.92 Å². The smallest absolute Gasteiger partial charge is 0.00619 e. The lowest BCUT2D eigenvalue weighted by Crippen LogP contribution is -2.06. The van der Waals surface area contributed by atoms with Gasteiger partial charge in [0.15, 0.2) is 0 Å². The lowest BCUT2D eigenvalue weighted by atomic mass is 9.82. The van der Waals surface area contributed by atoms with E-state index in [0.717, 1.165) is 6.42 Å². The van der Waals surface area contributed by atoms with Crippen LogP contribution in [0.5, 0.6) is 0 Å². The van der Waals surface area contributed by atoms with Gasteiger partial charge in [-0.3, -0.25) is 0 Å². The molecule has 0 fully saturated rings. The zero-order valence-corrected chi connectivity index (χ0v) is 10.1. The fourth-order valence-corrected chi connectivity index (χ4v) is 2.50. The second-order valence-corrected chi connectivity index (χ2v) is 4.76. The predicted octanol–water partition coefficient (Wildman–Crippen LogP) is 4.53. The van der Waals surface area contributed by atoms with Crippen molar-refractivity contribution in [1.82, 2.24) is 0 Å². The molecule has 0 saturated carbocycles. The quantitative estimate of drug-likeness (QED) is 0.652. The second-order valence-electron chi connectivity index (χ2n) is 4.76. The van der Waals surface area contributed by atoms with Crippen LogP contribution in [0, 0.1) is 5.92 Å². The van der Waals surface area contributed by atoms with Crippen molar-refractivity contribution in [3.05, 3.63) is 77.4 Å². The fraction of sp³-hybridized carbons (Fsp3) is 0.176. The molecular weight excluding hydrogens is 204 g/mol. The molecule has 0 amide bonds. The van der Waals surface area contributed by atoms with Crippen LogP contribution in [0.4, 0.5) is 0 Å². The van der Waals surface area contributed by atoms with E-state index < -0.39 is 0 Å². The zero-order chi connectivity index (χ0) is 11.7. The van der Waals surface area contributed by atoms with Crippen LogP contribution in [0.15, 0.2) is 71.9 Å². The molecule has 84 valence electrons. The third kappa shape index (κ3) is 2.03. The van der Waals surface area contributed by atoms with E-state index in [4.69, 9.17) is 0 Å². The van der Waals surface area contributed by atoms with E-state index in [-0.39, 0.29) is 0 Å². The summed E-state index contributed by atoms with van der Waals surface area (Å²) in [5, 5.41) is 0. The molecule has 0 nitrogen and oxygen atoms in total. The van der Waals surface area contributed by atoms with Gasteiger partial charge in [0.25, 0.3) is 0 Å². The standard InChI is InChI=1S/C17H16/c1-13-7-8-17-12-16(10-9-15(17)11-13)14-5-3-2-4-6-14/h2-7,9-12,17H,8H2,1H3. The van der Waals surface area contributed by atoms with Crippen LogP contribution in [0.25, 0.3) is 5.57 Å². The van der Waals surface area contributed by atoms with Crippen molar-refractivity contribution in [2.45, 2.75) is 13.3 Å². The Balaban J connectivity index is 1.94. The maximum atomic E-state index is 2.39.